The van der Waals surface area contributed by atoms with Crippen LogP contribution in [0.5, 0.6) is 11.5 Å². The minimum atomic E-state index is -0.320. The van der Waals surface area contributed by atoms with Crippen molar-refractivity contribution in [2.45, 2.75) is 6.54 Å². The molecule has 0 aliphatic carbocycles. The number of furan rings is 1. The molecule has 26 heavy (non-hydrogen) atoms. The molecule has 4 rings (SSSR count). The van der Waals surface area contributed by atoms with Crippen molar-refractivity contribution in [1.82, 2.24) is 15.3 Å². The summed E-state index contributed by atoms with van der Waals surface area (Å²) in [6, 6.07) is 9.08. The largest absolute Gasteiger partial charge is 0.486 e. The lowest BCUT2D eigenvalue weighted by Gasteiger charge is -2.19. The molecule has 0 saturated heterocycles. The summed E-state index contributed by atoms with van der Waals surface area (Å²) in [6.45, 7) is 1.37. The van der Waals surface area contributed by atoms with Gasteiger partial charge in [0.15, 0.2) is 11.5 Å². The first-order valence-electron chi connectivity index (χ1n) is 8.07. The fraction of sp³-hybridized carbons (Fsp3) is 0.167. The predicted octanol–water partition coefficient (Wildman–Crippen LogP) is 2.51. The van der Waals surface area contributed by atoms with Gasteiger partial charge in [0.2, 0.25) is 0 Å². The van der Waals surface area contributed by atoms with Crippen LogP contribution in [0.25, 0.3) is 0 Å². The highest BCUT2D eigenvalue weighted by atomic mass is 16.6. The number of anilines is 2. The molecule has 0 unspecified atom stereocenters. The summed E-state index contributed by atoms with van der Waals surface area (Å²) in [5.74, 6) is 2.27. The molecular formula is C18H16N4O4. The van der Waals surface area contributed by atoms with Gasteiger partial charge in [-0.2, -0.15) is 0 Å². The van der Waals surface area contributed by atoms with Crippen LogP contribution in [-0.2, 0) is 6.54 Å². The van der Waals surface area contributed by atoms with Crippen molar-refractivity contribution in [3.63, 3.8) is 0 Å². The molecule has 1 amide bonds. The zero-order valence-corrected chi connectivity index (χ0v) is 13.8. The molecule has 0 bridgehead atoms. The van der Waals surface area contributed by atoms with Crippen molar-refractivity contribution < 1.29 is 18.7 Å². The molecule has 1 aliphatic heterocycles. The number of carbonyl (C=O) groups is 1. The van der Waals surface area contributed by atoms with E-state index in [1.807, 2.05) is 18.2 Å². The van der Waals surface area contributed by atoms with E-state index in [1.165, 1.54) is 12.4 Å². The first-order valence-corrected chi connectivity index (χ1v) is 8.07. The average molecular weight is 352 g/mol. The number of nitrogens with zero attached hydrogens (tertiary/aromatic N) is 2. The molecule has 132 valence electrons. The van der Waals surface area contributed by atoms with Gasteiger partial charge in [-0.25, -0.2) is 9.97 Å². The second kappa shape index (κ2) is 7.14. The van der Waals surface area contributed by atoms with Gasteiger partial charge >= 0.3 is 0 Å². The highest BCUT2D eigenvalue weighted by Crippen LogP contribution is 2.33. The Labute approximate surface area is 149 Å². The molecule has 8 heteroatoms. The fourth-order valence-electron chi connectivity index (χ4n) is 2.45. The lowest BCUT2D eigenvalue weighted by molar-refractivity contribution is 0.0942. The zero-order valence-electron chi connectivity index (χ0n) is 13.8. The Hall–Kier alpha value is -3.55. The second-order valence-electron chi connectivity index (χ2n) is 5.53. The van der Waals surface area contributed by atoms with Crippen LogP contribution in [0.15, 0.2) is 53.4 Å². The third-order valence-electron chi connectivity index (χ3n) is 3.70. The van der Waals surface area contributed by atoms with Crippen LogP contribution in [0, 0.1) is 0 Å². The van der Waals surface area contributed by atoms with Gasteiger partial charge in [-0.3, -0.25) is 4.79 Å². The van der Waals surface area contributed by atoms with Crippen molar-refractivity contribution in [1.29, 1.82) is 0 Å². The molecule has 0 spiro atoms. The fourth-order valence-corrected chi connectivity index (χ4v) is 2.45. The van der Waals surface area contributed by atoms with E-state index in [2.05, 4.69) is 20.6 Å². The smallest absolute Gasteiger partial charge is 0.271 e. The number of carbonyl (C=O) groups excluding carboxylic acids is 1. The van der Waals surface area contributed by atoms with Crippen LogP contribution in [-0.4, -0.2) is 29.1 Å². The van der Waals surface area contributed by atoms with Crippen LogP contribution in [0.4, 0.5) is 11.5 Å². The highest BCUT2D eigenvalue weighted by molar-refractivity contribution is 5.91. The van der Waals surface area contributed by atoms with Crippen LogP contribution in [0.3, 0.4) is 0 Å². The molecular weight excluding hydrogens is 336 g/mol. The molecule has 2 N–H and O–H groups in total. The number of hydrogen-bond acceptors (Lipinski definition) is 7. The van der Waals surface area contributed by atoms with Gasteiger partial charge in [0, 0.05) is 11.8 Å². The Bertz CT molecular complexity index is 894. The Balaban J connectivity index is 1.39. The van der Waals surface area contributed by atoms with Gasteiger partial charge in [0.25, 0.3) is 5.91 Å². The molecule has 0 atom stereocenters. The first-order chi connectivity index (χ1) is 12.8. The number of ether oxygens (including phenoxy) is 2. The number of benzene rings is 1. The van der Waals surface area contributed by atoms with Gasteiger partial charge in [0.05, 0.1) is 25.2 Å². The quantitative estimate of drug-likeness (QED) is 0.728. The number of nitrogens with one attached hydrogen (secondary N) is 2. The number of rotatable bonds is 5. The van der Waals surface area contributed by atoms with Gasteiger partial charge in [-0.15, -0.1) is 0 Å². The zero-order chi connectivity index (χ0) is 17.8. The minimum absolute atomic E-state index is 0.226. The summed E-state index contributed by atoms with van der Waals surface area (Å²) in [7, 11) is 0. The molecule has 1 aromatic carbocycles. The summed E-state index contributed by atoms with van der Waals surface area (Å²) in [5.41, 5.74) is 1.02. The number of hydrogen-bond donors (Lipinski definition) is 2. The summed E-state index contributed by atoms with van der Waals surface area (Å²) in [5, 5.41) is 5.84. The molecule has 1 aliphatic rings. The molecule has 0 radical (unpaired) electrons. The SMILES string of the molecule is O=C(NCc1ccco1)c1cnc(Nc2ccc3c(c2)OCCO3)cn1. The summed E-state index contributed by atoms with van der Waals surface area (Å²) < 4.78 is 16.2. The van der Waals surface area contributed by atoms with E-state index in [-0.39, 0.29) is 11.6 Å². The molecule has 8 nitrogen and oxygen atoms in total. The van der Waals surface area contributed by atoms with E-state index in [4.69, 9.17) is 13.9 Å². The summed E-state index contributed by atoms with van der Waals surface area (Å²) in [6.07, 6.45) is 4.47. The first kappa shape index (κ1) is 15.9. The third kappa shape index (κ3) is 3.59. The molecule has 0 saturated carbocycles. The maximum atomic E-state index is 12.1. The van der Waals surface area contributed by atoms with Crippen molar-refractivity contribution in [2.75, 3.05) is 18.5 Å². The van der Waals surface area contributed by atoms with E-state index in [0.717, 1.165) is 11.4 Å². The predicted molar refractivity (Wildman–Crippen MR) is 92.6 cm³/mol. The van der Waals surface area contributed by atoms with Gasteiger partial charge in [-0.1, -0.05) is 0 Å². The maximum Gasteiger partial charge on any atom is 0.271 e. The normalized spacial score (nSPS) is 12.5. The monoisotopic (exact) mass is 352 g/mol. The summed E-state index contributed by atoms with van der Waals surface area (Å²) in [4.78, 5) is 20.4. The minimum Gasteiger partial charge on any atom is -0.486 e. The average Bonchev–Trinajstić information content (AvgIpc) is 3.20. The highest BCUT2D eigenvalue weighted by Gasteiger charge is 2.12. The van der Waals surface area contributed by atoms with E-state index in [1.54, 1.807) is 18.4 Å². The van der Waals surface area contributed by atoms with Crippen molar-refractivity contribution in [2.24, 2.45) is 0 Å². The van der Waals surface area contributed by atoms with Crippen LogP contribution < -0.4 is 20.1 Å². The van der Waals surface area contributed by atoms with Crippen LogP contribution in [0.2, 0.25) is 0 Å². The van der Waals surface area contributed by atoms with E-state index >= 15 is 0 Å². The Morgan fingerprint density at radius 2 is 1.96 bits per heavy atom. The second-order valence-corrected chi connectivity index (χ2v) is 5.53. The lowest BCUT2D eigenvalue weighted by Crippen LogP contribution is -2.23. The number of aromatic nitrogens is 2. The number of fused-ring (bicyclic) bond motifs is 1. The van der Waals surface area contributed by atoms with E-state index in [0.29, 0.717) is 37.1 Å². The Morgan fingerprint density at radius 3 is 2.73 bits per heavy atom. The Morgan fingerprint density at radius 1 is 1.08 bits per heavy atom. The topological polar surface area (TPSA) is 98.5 Å². The molecule has 3 heterocycles. The van der Waals surface area contributed by atoms with Crippen LogP contribution >= 0.6 is 0 Å². The van der Waals surface area contributed by atoms with Gasteiger partial charge in [-0.05, 0) is 24.3 Å². The molecule has 0 fully saturated rings. The number of amides is 1. The van der Waals surface area contributed by atoms with E-state index < -0.39 is 0 Å². The lowest BCUT2D eigenvalue weighted by atomic mass is 10.2. The third-order valence-corrected chi connectivity index (χ3v) is 3.70. The standard InChI is InChI=1S/C18H16N4O4/c23-18(21-9-13-2-1-5-24-13)14-10-20-17(11-19-14)22-12-3-4-15-16(8-12)26-7-6-25-15/h1-5,8,10-11H,6-7,9H2,(H,20,22)(H,21,23). The maximum absolute atomic E-state index is 12.1. The molecule has 2 aromatic heterocycles. The van der Waals surface area contributed by atoms with Gasteiger partial charge < -0.3 is 24.5 Å². The summed E-state index contributed by atoms with van der Waals surface area (Å²) >= 11 is 0. The van der Waals surface area contributed by atoms with Crippen molar-refractivity contribution in [3.05, 3.63) is 60.4 Å². The Kier molecular flexibility index (Phi) is 4.38. The van der Waals surface area contributed by atoms with Crippen LogP contribution in [0.1, 0.15) is 16.2 Å². The van der Waals surface area contributed by atoms with E-state index in [9.17, 15) is 4.79 Å². The van der Waals surface area contributed by atoms with Gasteiger partial charge in [0.1, 0.15) is 30.5 Å². The molecule has 3 aromatic rings. The van der Waals surface area contributed by atoms with Crippen molar-refractivity contribution in [3.8, 4) is 11.5 Å². The van der Waals surface area contributed by atoms with Crippen molar-refractivity contribution >= 4 is 17.4 Å².